The SMILES string of the molecule is CC1(C)Cc2c(sc3c2c(=O)n(Cc2ccccc2)c(=O)n3CC(=O)NCc2ccccc2)CO1. The van der Waals surface area contributed by atoms with Gasteiger partial charge in [-0.05, 0) is 30.5 Å². The number of aromatic nitrogens is 2. The average Bonchev–Trinajstić information content (AvgIpc) is 3.22. The van der Waals surface area contributed by atoms with Crippen LogP contribution < -0.4 is 16.6 Å². The topological polar surface area (TPSA) is 82.3 Å². The zero-order valence-corrected chi connectivity index (χ0v) is 20.6. The van der Waals surface area contributed by atoms with Gasteiger partial charge >= 0.3 is 5.69 Å². The maximum absolute atomic E-state index is 13.7. The van der Waals surface area contributed by atoms with E-state index in [4.69, 9.17) is 4.74 Å². The summed E-state index contributed by atoms with van der Waals surface area (Å²) in [4.78, 5) is 41.6. The maximum atomic E-state index is 13.7. The van der Waals surface area contributed by atoms with Crippen molar-refractivity contribution in [2.75, 3.05) is 0 Å². The van der Waals surface area contributed by atoms with Gasteiger partial charge in [-0.25, -0.2) is 4.79 Å². The van der Waals surface area contributed by atoms with Crippen molar-refractivity contribution in [1.29, 1.82) is 0 Å². The van der Waals surface area contributed by atoms with Crippen LogP contribution in [0.2, 0.25) is 0 Å². The van der Waals surface area contributed by atoms with E-state index in [-0.39, 0.29) is 24.6 Å². The van der Waals surface area contributed by atoms with Gasteiger partial charge in [-0.1, -0.05) is 60.7 Å². The molecule has 180 valence electrons. The summed E-state index contributed by atoms with van der Waals surface area (Å²) in [5.41, 5.74) is 1.53. The smallest absolute Gasteiger partial charge is 0.332 e. The van der Waals surface area contributed by atoms with E-state index in [1.165, 1.54) is 20.5 Å². The van der Waals surface area contributed by atoms with Crippen molar-refractivity contribution in [2.45, 2.75) is 52.1 Å². The van der Waals surface area contributed by atoms with Gasteiger partial charge < -0.3 is 10.1 Å². The van der Waals surface area contributed by atoms with Crippen molar-refractivity contribution in [2.24, 2.45) is 0 Å². The van der Waals surface area contributed by atoms with Crippen LogP contribution in [-0.2, 0) is 42.2 Å². The molecule has 1 aliphatic heterocycles. The van der Waals surface area contributed by atoms with Crippen LogP contribution in [0.3, 0.4) is 0 Å². The molecule has 8 heteroatoms. The van der Waals surface area contributed by atoms with Gasteiger partial charge in [0.1, 0.15) is 11.4 Å². The van der Waals surface area contributed by atoms with Crippen LogP contribution in [0.4, 0.5) is 0 Å². The Morgan fingerprint density at radius 1 is 1.00 bits per heavy atom. The molecule has 0 fully saturated rings. The molecule has 1 aliphatic rings. The molecule has 0 bridgehead atoms. The van der Waals surface area contributed by atoms with Gasteiger partial charge in [-0.2, -0.15) is 0 Å². The van der Waals surface area contributed by atoms with Crippen molar-refractivity contribution in [1.82, 2.24) is 14.5 Å². The van der Waals surface area contributed by atoms with Crippen molar-refractivity contribution >= 4 is 27.5 Å². The molecule has 35 heavy (non-hydrogen) atoms. The molecule has 0 radical (unpaired) electrons. The van der Waals surface area contributed by atoms with E-state index >= 15 is 0 Å². The molecule has 1 amide bonds. The standard InChI is InChI=1S/C27H27N3O4S/c1-27(2)13-20-21(17-34-27)35-25-23(20)24(32)29(15-19-11-7-4-8-12-19)26(33)30(25)16-22(31)28-14-18-9-5-3-6-10-18/h3-12H,13-17H2,1-2H3,(H,28,31). The monoisotopic (exact) mass is 489 g/mol. The van der Waals surface area contributed by atoms with Gasteiger partial charge in [-0.15, -0.1) is 11.3 Å². The number of thiophene rings is 1. The van der Waals surface area contributed by atoms with Crippen LogP contribution in [0.1, 0.15) is 35.4 Å². The van der Waals surface area contributed by atoms with E-state index in [1.807, 2.05) is 74.5 Å². The second-order valence-corrected chi connectivity index (χ2v) is 10.5. The highest BCUT2D eigenvalue weighted by molar-refractivity contribution is 7.18. The highest BCUT2D eigenvalue weighted by Gasteiger charge is 2.32. The van der Waals surface area contributed by atoms with Gasteiger partial charge in [0.05, 0.1) is 24.1 Å². The molecule has 2 aromatic carbocycles. The predicted octanol–water partition coefficient (Wildman–Crippen LogP) is 3.44. The van der Waals surface area contributed by atoms with Crippen LogP contribution in [0.25, 0.3) is 10.2 Å². The highest BCUT2D eigenvalue weighted by atomic mass is 32.1. The Hall–Kier alpha value is -3.49. The number of amides is 1. The Morgan fingerprint density at radius 3 is 2.34 bits per heavy atom. The molecule has 3 heterocycles. The van der Waals surface area contributed by atoms with E-state index in [0.29, 0.717) is 29.8 Å². The largest absolute Gasteiger partial charge is 0.370 e. The van der Waals surface area contributed by atoms with Crippen molar-refractivity contribution in [3.63, 3.8) is 0 Å². The fourth-order valence-corrected chi connectivity index (χ4v) is 5.66. The lowest BCUT2D eigenvalue weighted by molar-refractivity contribution is -0.121. The van der Waals surface area contributed by atoms with Crippen LogP contribution in [0, 0.1) is 0 Å². The number of carbonyl (C=O) groups is 1. The molecule has 0 saturated carbocycles. The molecule has 0 unspecified atom stereocenters. The first-order valence-electron chi connectivity index (χ1n) is 11.6. The summed E-state index contributed by atoms with van der Waals surface area (Å²) >= 11 is 1.37. The summed E-state index contributed by atoms with van der Waals surface area (Å²) in [7, 11) is 0. The minimum atomic E-state index is -0.486. The maximum Gasteiger partial charge on any atom is 0.332 e. The number of carbonyl (C=O) groups excluding carboxylic acids is 1. The molecule has 5 rings (SSSR count). The third kappa shape index (κ3) is 4.72. The third-order valence-electron chi connectivity index (χ3n) is 6.25. The number of hydrogen-bond acceptors (Lipinski definition) is 5. The number of fused-ring (bicyclic) bond motifs is 3. The Labute approximate surface area is 206 Å². The summed E-state index contributed by atoms with van der Waals surface area (Å²) in [5, 5.41) is 3.41. The zero-order valence-electron chi connectivity index (χ0n) is 19.7. The Kier molecular flexibility index (Phi) is 6.17. The first kappa shape index (κ1) is 23.3. The van der Waals surface area contributed by atoms with E-state index in [2.05, 4.69) is 5.32 Å². The van der Waals surface area contributed by atoms with Crippen LogP contribution in [0.5, 0.6) is 0 Å². The molecule has 0 saturated heterocycles. The fourth-order valence-electron chi connectivity index (χ4n) is 4.44. The van der Waals surface area contributed by atoms with Crippen LogP contribution in [-0.4, -0.2) is 20.6 Å². The minimum Gasteiger partial charge on any atom is -0.370 e. The summed E-state index contributed by atoms with van der Waals surface area (Å²) in [6, 6.07) is 19.0. The molecule has 4 aromatic rings. The zero-order chi connectivity index (χ0) is 24.6. The minimum absolute atomic E-state index is 0.143. The van der Waals surface area contributed by atoms with Crippen molar-refractivity contribution in [3.05, 3.63) is 103 Å². The van der Waals surface area contributed by atoms with E-state index in [1.54, 1.807) is 0 Å². The van der Waals surface area contributed by atoms with Crippen LogP contribution in [0.15, 0.2) is 70.3 Å². The molecular formula is C27H27N3O4S. The summed E-state index contributed by atoms with van der Waals surface area (Å²) < 4.78 is 8.65. The summed E-state index contributed by atoms with van der Waals surface area (Å²) in [6.07, 6.45) is 0.571. The normalized spacial score (nSPS) is 14.6. The second-order valence-electron chi connectivity index (χ2n) is 9.42. The first-order valence-corrected chi connectivity index (χ1v) is 12.4. The van der Waals surface area contributed by atoms with Gasteiger partial charge in [-0.3, -0.25) is 18.7 Å². The van der Waals surface area contributed by atoms with Gasteiger partial charge in [0, 0.05) is 17.8 Å². The number of benzene rings is 2. The lowest BCUT2D eigenvalue weighted by atomic mass is 9.94. The fraction of sp³-hybridized carbons (Fsp3) is 0.296. The average molecular weight is 490 g/mol. The van der Waals surface area contributed by atoms with Crippen molar-refractivity contribution < 1.29 is 9.53 Å². The number of nitrogens with one attached hydrogen (secondary N) is 1. The number of hydrogen-bond donors (Lipinski definition) is 1. The molecule has 0 aliphatic carbocycles. The van der Waals surface area contributed by atoms with Gasteiger partial charge in [0.2, 0.25) is 5.91 Å². The second kappa shape index (κ2) is 9.28. The first-order chi connectivity index (χ1) is 16.8. The predicted molar refractivity (Wildman–Crippen MR) is 137 cm³/mol. The Balaban J connectivity index is 1.59. The molecule has 0 spiro atoms. The molecular weight excluding hydrogens is 462 g/mol. The van der Waals surface area contributed by atoms with E-state index in [9.17, 15) is 14.4 Å². The number of ether oxygens (including phenoxy) is 1. The molecule has 2 aromatic heterocycles. The lowest BCUT2D eigenvalue weighted by Crippen LogP contribution is -2.42. The summed E-state index contributed by atoms with van der Waals surface area (Å²) in [6.45, 7) is 4.72. The van der Waals surface area contributed by atoms with Gasteiger partial charge in [0.15, 0.2) is 0 Å². The van der Waals surface area contributed by atoms with Crippen LogP contribution >= 0.6 is 11.3 Å². The Bertz CT molecular complexity index is 1500. The molecule has 1 N–H and O–H groups in total. The molecule has 0 atom stereocenters. The van der Waals surface area contributed by atoms with E-state index in [0.717, 1.165) is 21.6 Å². The molecule has 7 nitrogen and oxygen atoms in total. The number of nitrogens with zero attached hydrogens (tertiary/aromatic N) is 2. The van der Waals surface area contributed by atoms with Gasteiger partial charge in [0.25, 0.3) is 5.56 Å². The quantitative estimate of drug-likeness (QED) is 0.450. The van der Waals surface area contributed by atoms with Crippen molar-refractivity contribution in [3.8, 4) is 0 Å². The Morgan fingerprint density at radius 2 is 1.66 bits per heavy atom. The summed E-state index contributed by atoms with van der Waals surface area (Å²) in [5.74, 6) is -0.287. The number of rotatable bonds is 6. The van der Waals surface area contributed by atoms with E-state index < -0.39 is 11.3 Å². The highest BCUT2D eigenvalue weighted by Crippen LogP contribution is 2.37. The third-order valence-corrected chi connectivity index (χ3v) is 7.48. The lowest BCUT2D eigenvalue weighted by Gasteiger charge is -2.29.